The number of hydrogen-bond acceptors (Lipinski definition) is 5. The highest BCUT2D eigenvalue weighted by Crippen LogP contribution is 2.13. The molecule has 0 aliphatic rings. The van der Waals surface area contributed by atoms with Crippen molar-refractivity contribution in [3.8, 4) is 0 Å². The van der Waals surface area contributed by atoms with Gasteiger partial charge < -0.3 is 10.1 Å². The number of hydrogen-bond donors (Lipinski definition) is 2. The minimum atomic E-state index is -3.80. The minimum absolute atomic E-state index is 0.0507. The van der Waals surface area contributed by atoms with E-state index in [1.54, 1.807) is 0 Å². The number of esters is 1. The van der Waals surface area contributed by atoms with Crippen LogP contribution in [0.3, 0.4) is 0 Å². The van der Waals surface area contributed by atoms with Gasteiger partial charge in [0.15, 0.2) is 6.61 Å². The van der Waals surface area contributed by atoms with Crippen molar-refractivity contribution in [1.29, 1.82) is 0 Å². The third-order valence-electron chi connectivity index (χ3n) is 3.88. The van der Waals surface area contributed by atoms with Crippen LogP contribution in [-0.2, 0) is 26.1 Å². The molecule has 2 aromatic carbocycles. The van der Waals surface area contributed by atoms with Gasteiger partial charge in [0.2, 0.25) is 10.0 Å². The van der Waals surface area contributed by atoms with Crippen molar-refractivity contribution in [1.82, 2.24) is 10.0 Å². The summed E-state index contributed by atoms with van der Waals surface area (Å²) < 4.78 is 32.4. The number of carbonyl (C=O) groups excluding carboxylic acids is 2. The van der Waals surface area contributed by atoms with Crippen molar-refractivity contribution < 1.29 is 22.7 Å². The van der Waals surface area contributed by atoms with Gasteiger partial charge in [0.1, 0.15) is 0 Å². The summed E-state index contributed by atoms with van der Waals surface area (Å²) in [5.74, 6) is -1.15. The molecule has 0 saturated carbocycles. The molecule has 2 aromatic rings. The molecule has 0 spiro atoms. The number of unbranched alkanes of at least 4 members (excludes halogenated alkanes) is 1. The summed E-state index contributed by atoms with van der Waals surface area (Å²) in [6.45, 7) is 2.25. The SMILES string of the molecule is CCCCNC(=O)COC(=O)c1cccc(S(=O)(=O)NCc2ccccc2)c1. The molecular weight excluding hydrogens is 380 g/mol. The summed E-state index contributed by atoms with van der Waals surface area (Å²) in [4.78, 5) is 23.7. The number of nitrogens with one attached hydrogen (secondary N) is 2. The van der Waals surface area contributed by atoms with E-state index in [4.69, 9.17) is 4.74 Å². The zero-order chi connectivity index (χ0) is 20.4. The highest BCUT2D eigenvalue weighted by Gasteiger charge is 2.17. The Morgan fingerprint density at radius 2 is 1.79 bits per heavy atom. The number of sulfonamides is 1. The molecule has 0 heterocycles. The van der Waals surface area contributed by atoms with Crippen molar-refractivity contribution >= 4 is 21.9 Å². The molecular formula is C20H24N2O5S. The van der Waals surface area contributed by atoms with E-state index in [0.29, 0.717) is 6.54 Å². The lowest BCUT2D eigenvalue weighted by atomic mass is 10.2. The molecule has 0 aliphatic heterocycles. The zero-order valence-electron chi connectivity index (χ0n) is 15.7. The number of carbonyl (C=O) groups is 2. The van der Waals surface area contributed by atoms with Crippen molar-refractivity contribution in [2.75, 3.05) is 13.2 Å². The fraction of sp³-hybridized carbons (Fsp3) is 0.300. The van der Waals surface area contributed by atoms with Gasteiger partial charge in [-0.25, -0.2) is 17.9 Å². The van der Waals surface area contributed by atoms with E-state index >= 15 is 0 Å². The monoisotopic (exact) mass is 404 g/mol. The lowest BCUT2D eigenvalue weighted by Crippen LogP contribution is -2.29. The highest BCUT2D eigenvalue weighted by molar-refractivity contribution is 7.89. The summed E-state index contributed by atoms with van der Waals surface area (Å²) >= 11 is 0. The Kier molecular flexibility index (Phi) is 8.16. The van der Waals surface area contributed by atoms with Gasteiger partial charge in [-0.3, -0.25) is 4.79 Å². The number of amides is 1. The molecule has 0 saturated heterocycles. The number of benzene rings is 2. The Labute approximate surface area is 165 Å². The Balaban J connectivity index is 1.96. The van der Waals surface area contributed by atoms with E-state index in [1.165, 1.54) is 24.3 Å². The van der Waals surface area contributed by atoms with Crippen molar-refractivity contribution in [2.24, 2.45) is 0 Å². The molecule has 2 rings (SSSR count). The molecule has 0 radical (unpaired) electrons. The summed E-state index contributed by atoms with van der Waals surface area (Å²) in [6.07, 6.45) is 1.79. The molecule has 2 N–H and O–H groups in total. The average molecular weight is 404 g/mol. The van der Waals surface area contributed by atoms with Crippen LogP contribution in [0.4, 0.5) is 0 Å². The molecule has 1 amide bonds. The summed E-state index contributed by atoms with van der Waals surface area (Å²) in [7, 11) is -3.80. The summed E-state index contributed by atoms with van der Waals surface area (Å²) in [5, 5.41) is 2.64. The van der Waals surface area contributed by atoms with Gasteiger partial charge in [0.25, 0.3) is 5.91 Å². The van der Waals surface area contributed by atoms with Crippen LogP contribution in [0, 0.1) is 0 Å². The van der Waals surface area contributed by atoms with Crippen LogP contribution in [-0.4, -0.2) is 33.4 Å². The van der Waals surface area contributed by atoms with Crippen molar-refractivity contribution in [3.05, 3.63) is 65.7 Å². The van der Waals surface area contributed by atoms with Crippen LogP contribution in [0.15, 0.2) is 59.5 Å². The summed E-state index contributed by atoms with van der Waals surface area (Å²) in [6, 6.07) is 14.6. The Bertz CT molecular complexity index is 898. The number of ether oxygens (including phenoxy) is 1. The van der Waals surface area contributed by atoms with Gasteiger partial charge in [-0.2, -0.15) is 0 Å². The predicted molar refractivity (Wildman–Crippen MR) is 105 cm³/mol. The van der Waals surface area contributed by atoms with E-state index in [0.717, 1.165) is 18.4 Å². The lowest BCUT2D eigenvalue weighted by Gasteiger charge is -2.09. The Morgan fingerprint density at radius 1 is 1.04 bits per heavy atom. The third-order valence-corrected chi connectivity index (χ3v) is 5.27. The first-order valence-corrected chi connectivity index (χ1v) is 10.5. The van der Waals surface area contributed by atoms with Crippen LogP contribution in [0.5, 0.6) is 0 Å². The third kappa shape index (κ3) is 6.79. The first-order valence-electron chi connectivity index (χ1n) is 9.00. The van der Waals surface area contributed by atoms with Gasteiger partial charge in [0.05, 0.1) is 10.5 Å². The molecule has 0 aromatic heterocycles. The largest absolute Gasteiger partial charge is 0.452 e. The van der Waals surface area contributed by atoms with Crippen molar-refractivity contribution in [3.63, 3.8) is 0 Å². The van der Waals surface area contributed by atoms with Gasteiger partial charge in [-0.1, -0.05) is 49.7 Å². The molecule has 8 heteroatoms. The zero-order valence-corrected chi connectivity index (χ0v) is 16.5. The minimum Gasteiger partial charge on any atom is -0.452 e. The first-order chi connectivity index (χ1) is 13.4. The normalized spacial score (nSPS) is 11.0. The van der Waals surface area contributed by atoms with Gasteiger partial charge >= 0.3 is 5.97 Å². The average Bonchev–Trinajstić information content (AvgIpc) is 2.71. The molecule has 0 aliphatic carbocycles. The molecule has 150 valence electrons. The first kappa shape index (κ1) is 21.6. The second-order valence-corrected chi connectivity index (χ2v) is 7.88. The second kappa shape index (κ2) is 10.6. The van der Waals surface area contributed by atoms with E-state index in [9.17, 15) is 18.0 Å². The van der Waals surface area contributed by atoms with E-state index in [1.807, 2.05) is 37.3 Å². The lowest BCUT2D eigenvalue weighted by molar-refractivity contribution is -0.124. The quantitative estimate of drug-likeness (QED) is 0.467. The van der Waals surface area contributed by atoms with Gasteiger partial charge in [-0.15, -0.1) is 0 Å². The van der Waals surface area contributed by atoms with Crippen LogP contribution in [0.2, 0.25) is 0 Å². The van der Waals surface area contributed by atoms with E-state index in [2.05, 4.69) is 10.0 Å². The predicted octanol–water partition coefficient (Wildman–Crippen LogP) is 2.24. The van der Waals surface area contributed by atoms with Gasteiger partial charge in [-0.05, 0) is 30.2 Å². The molecule has 28 heavy (non-hydrogen) atoms. The van der Waals surface area contributed by atoms with Crippen LogP contribution in [0.1, 0.15) is 35.7 Å². The van der Waals surface area contributed by atoms with Gasteiger partial charge in [0, 0.05) is 13.1 Å². The highest BCUT2D eigenvalue weighted by atomic mass is 32.2. The molecule has 7 nitrogen and oxygen atoms in total. The summed E-state index contributed by atoms with van der Waals surface area (Å²) in [5.41, 5.74) is 0.875. The Hall–Kier alpha value is -2.71. The van der Waals surface area contributed by atoms with Crippen LogP contribution >= 0.6 is 0 Å². The van der Waals surface area contributed by atoms with E-state index in [-0.39, 0.29) is 17.0 Å². The molecule has 0 fully saturated rings. The second-order valence-electron chi connectivity index (χ2n) is 6.12. The maximum atomic E-state index is 12.5. The number of rotatable bonds is 10. The Morgan fingerprint density at radius 3 is 2.50 bits per heavy atom. The topological polar surface area (TPSA) is 102 Å². The maximum Gasteiger partial charge on any atom is 0.338 e. The van der Waals surface area contributed by atoms with E-state index < -0.39 is 28.5 Å². The standard InChI is InChI=1S/C20H24N2O5S/c1-2-3-12-21-19(23)15-27-20(24)17-10-7-11-18(13-17)28(25,26)22-14-16-8-5-4-6-9-16/h4-11,13,22H,2-3,12,14-15H2,1H3,(H,21,23). The molecule has 0 atom stereocenters. The fourth-order valence-corrected chi connectivity index (χ4v) is 3.38. The molecule has 0 bridgehead atoms. The maximum absolute atomic E-state index is 12.5. The molecule has 0 unspecified atom stereocenters. The van der Waals surface area contributed by atoms with Crippen LogP contribution < -0.4 is 10.0 Å². The van der Waals surface area contributed by atoms with Crippen molar-refractivity contribution in [2.45, 2.75) is 31.2 Å². The smallest absolute Gasteiger partial charge is 0.338 e. The fourth-order valence-electron chi connectivity index (χ4n) is 2.32. The van der Waals surface area contributed by atoms with Crippen LogP contribution in [0.25, 0.3) is 0 Å².